The monoisotopic (exact) mass is 486 g/mol. The molecule has 1 fully saturated rings. The molecule has 1 heterocycles. The number of Topliss-reactive ketones (excluding diaryl/α,β-unsaturated/α-hetero) is 1. The van der Waals surface area contributed by atoms with E-state index < -0.39 is 0 Å². The molecular formula is C30H34N2O4. The molecule has 0 unspecified atom stereocenters. The predicted octanol–water partition coefficient (Wildman–Crippen LogP) is 5.08. The summed E-state index contributed by atoms with van der Waals surface area (Å²) >= 11 is 0. The lowest BCUT2D eigenvalue weighted by molar-refractivity contribution is -0.124. The Morgan fingerprint density at radius 1 is 0.944 bits per heavy atom. The number of hydrogen-bond acceptors (Lipinski definition) is 5. The molecule has 6 nitrogen and oxygen atoms in total. The summed E-state index contributed by atoms with van der Waals surface area (Å²) in [7, 11) is 1.56. The standard InChI is InChI=1S/C30H34N2O4/c1-21(2)29(32-15-17-36-18-16-32)30(34)31-26-20-25(13-14-28(26)35-3)27(33)19-22-9-11-24(12-10-22)23-7-5-4-6-8-23/h4-14,20-21,29H,15-19H2,1-3H3,(H,31,34)/t29-/m1/s1. The molecule has 6 heteroatoms. The Balaban J connectivity index is 1.48. The molecule has 0 bridgehead atoms. The maximum atomic E-state index is 13.3. The summed E-state index contributed by atoms with van der Waals surface area (Å²) in [4.78, 5) is 28.6. The summed E-state index contributed by atoms with van der Waals surface area (Å²) in [5, 5.41) is 3.03. The van der Waals surface area contributed by atoms with E-state index >= 15 is 0 Å². The molecule has 0 aliphatic carbocycles. The van der Waals surface area contributed by atoms with Gasteiger partial charge in [-0.1, -0.05) is 68.4 Å². The molecule has 1 amide bonds. The van der Waals surface area contributed by atoms with E-state index in [1.54, 1.807) is 25.3 Å². The molecule has 1 N–H and O–H groups in total. The van der Waals surface area contributed by atoms with Gasteiger partial charge in [-0.3, -0.25) is 14.5 Å². The minimum Gasteiger partial charge on any atom is -0.495 e. The Kier molecular flexibility index (Phi) is 8.52. The Bertz CT molecular complexity index is 1170. The first kappa shape index (κ1) is 25.6. The zero-order valence-corrected chi connectivity index (χ0v) is 21.2. The van der Waals surface area contributed by atoms with Gasteiger partial charge in [0.2, 0.25) is 5.91 Å². The molecular weight excluding hydrogens is 452 g/mol. The first-order chi connectivity index (χ1) is 17.5. The van der Waals surface area contributed by atoms with Crippen LogP contribution in [-0.4, -0.2) is 56.0 Å². The van der Waals surface area contributed by atoms with Crippen LogP contribution in [-0.2, 0) is 16.0 Å². The Morgan fingerprint density at radius 3 is 2.25 bits per heavy atom. The summed E-state index contributed by atoms with van der Waals surface area (Å²) in [6.45, 7) is 6.76. The van der Waals surface area contributed by atoms with Gasteiger partial charge < -0.3 is 14.8 Å². The van der Waals surface area contributed by atoms with Crippen LogP contribution in [0.15, 0.2) is 72.8 Å². The zero-order valence-electron chi connectivity index (χ0n) is 21.2. The van der Waals surface area contributed by atoms with Gasteiger partial charge in [-0.25, -0.2) is 0 Å². The number of rotatable bonds is 9. The number of ketones is 1. The molecule has 0 spiro atoms. The quantitative estimate of drug-likeness (QED) is 0.427. The third kappa shape index (κ3) is 6.20. The van der Waals surface area contributed by atoms with Crippen molar-refractivity contribution in [3.05, 3.63) is 83.9 Å². The van der Waals surface area contributed by atoms with E-state index in [2.05, 4.69) is 22.3 Å². The normalized spacial score (nSPS) is 14.9. The maximum Gasteiger partial charge on any atom is 0.242 e. The molecule has 3 aromatic rings. The number of anilines is 1. The van der Waals surface area contributed by atoms with Crippen molar-refractivity contribution in [1.82, 2.24) is 4.90 Å². The highest BCUT2D eigenvalue weighted by molar-refractivity contribution is 6.01. The third-order valence-electron chi connectivity index (χ3n) is 6.54. The number of morpholine rings is 1. The Labute approximate surface area is 213 Å². The van der Waals surface area contributed by atoms with Crippen molar-refractivity contribution in [3.8, 4) is 16.9 Å². The summed E-state index contributed by atoms with van der Waals surface area (Å²) in [5.74, 6) is 0.523. The predicted molar refractivity (Wildman–Crippen MR) is 143 cm³/mol. The lowest BCUT2D eigenvalue weighted by Gasteiger charge is -2.35. The van der Waals surface area contributed by atoms with E-state index in [1.165, 1.54) is 0 Å². The van der Waals surface area contributed by atoms with Gasteiger partial charge in [-0.05, 0) is 40.8 Å². The highest BCUT2D eigenvalue weighted by atomic mass is 16.5. The SMILES string of the molecule is COc1ccc(C(=O)Cc2ccc(-c3ccccc3)cc2)cc1NC(=O)[C@@H](C(C)C)N1CCOCC1. The van der Waals surface area contributed by atoms with Crippen LogP contribution in [0.4, 0.5) is 5.69 Å². The molecule has 0 aromatic heterocycles. The fraction of sp³-hybridized carbons (Fsp3) is 0.333. The van der Waals surface area contributed by atoms with Crippen LogP contribution in [0, 0.1) is 5.92 Å². The first-order valence-corrected chi connectivity index (χ1v) is 12.4. The third-order valence-corrected chi connectivity index (χ3v) is 6.54. The molecule has 0 saturated carbocycles. The van der Waals surface area contributed by atoms with Crippen LogP contribution < -0.4 is 10.1 Å². The van der Waals surface area contributed by atoms with Crippen molar-refractivity contribution in [2.24, 2.45) is 5.92 Å². The van der Waals surface area contributed by atoms with Crippen LogP contribution in [0.3, 0.4) is 0 Å². The second-order valence-corrected chi connectivity index (χ2v) is 9.40. The molecule has 1 atom stereocenters. The average molecular weight is 487 g/mol. The number of amides is 1. The molecule has 1 aliphatic rings. The fourth-order valence-electron chi connectivity index (χ4n) is 4.66. The van der Waals surface area contributed by atoms with Gasteiger partial charge in [0, 0.05) is 25.1 Å². The van der Waals surface area contributed by atoms with Crippen molar-refractivity contribution in [3.63, 3.8) is 0 Å². The average Bonchev–Trinajstić information content (AvgIpc) is 2.90. The number of nitrogens with zero attached hydrogens (tertiary/aromatic N) is 1. The lowest BCUT2D eigenvalue weighted by atomic mass is 9.98. The van der Waals surface area contributed by atoms with E-state index in [4.69, 9.17) is 9.47 Å². The van der Waals surface area contributed by atoms with Crippen LogP contribution in [0.1, 0.15) is 29.8 Å². The molecule has 3 aromatic carbocycles. The summed E-state index contributed by atoms with van der Waals surface area (Å²) in [6, 6.07) is 23.1. The van der Waals surface area contributed by atoms with Crippen LogP contribution in [0.2, 0.25) is 0 Å². The van der Waals surface area contributed by atoms with Crippen molar-refractivity contribution < 1.29 is 19.1 Å². The summed E-state index contributed by atoms with van der Waals surface area (Å²) in [6.07, 6.45) is 0.275. The van der Waals surface area contributed by atoms with Crippen molar-refractivity contribution in [1.29, 1.82) is 0 Å². The molecule has 36 heavy (non-hydrogen) atoms. The molecule has 0 radical (unpaired) electrons. The van der Waals surface area contributed by atoms with Crippen molar-refractivity contribution >= 4 is 17.4 Å². The van der Waals surface area contributed by atoms with Gasteiger partial charge >= 0.3 is 0 Å². The van der Waals surface area contributed by atoms with E-state index in [1.807, 2.05) is 56.3 Å². The smallest absolute Gasteiger partial charge is 0.242 e. The van der Waals surface area contributed by atoms with Crippen molar-refractivity contribution in [2.75, 3.05) is 38.7 Å². The highest BCUT2D eigenvalue weighted by Gasteiger charge is 2.30. The number of benzene rings is 3. The molecule has 188 valence electrons. The minimum atomic E-state index is -0.291. The topological polar surface area (TPSA) is 67.9 Å². The number of hydrogen-bond donors (Lipinski definition) is 1. The second-order valence-electron chi connectivity index (χ2n) is 9.40. The van der Waals surface area contributed by atoms with E-state index in [-0.39, 0.29) is 30.1 Å². The number of ether oxygens (including phenoxy) is 2. The minimum absolute atomic E-state index is 0.0193. The Hall–Kier alpha value is -3.48. The van der Waals surface area contributed by atoms with Gasteiger partial charge in [0.15, 0.2) is 5.78 Å². The maximum absolute atomic E-state index is 13.3. The van der Waals surface area contributed by atoms with Crippen LogP contribution in [0.25, 0.3) is 11.1 Å². The van der Waals surface area contributed by atoms with Crippen LogP contribution >= 0.6 is 0 Å². The number of carbonyl (C=O) groups is 2. The van der Waals surface area contributed by atoms with Crippen LogP contribution in [0.5, 0.6) is 5.75 Å². The summed E-state index contributed by atoms with van der Waals surface area (Å²) in [5.41, 5.74) is 4.23. The highest BCUT2D eigenvalue weighted by Crippen LogP contribution is 2.28. The van der Waals surface area contributed by atoms with E-state index in [0.29, 0.717) is 30.2 Å². The Morgan fingerprint density at radius 2 is 1.61 bits per heavy atom. The van der Waals surface area contributed by atoms with Crippen molar-refractivity contribution in [2.45, 2.75) is 26.3 Å². The van der Waals surface area contributed by atoms with Gasteiger partial charge in [0.05, 0.1) is 32.1 Å². The lowest BCUT2D eigenvalue weighted by Crippen LogP contribution is -2.51. The van der Waals surface area contributed by atoms with Gasteiger partial charge in [-0.2, -0.15) is 0 Å². The van der Waals surface area contributed by atoms with Gasteiger partial charge in [-0.15, -0.1) is 0 Å². The molecule has 1 saturated heterocycles. The van der Waals surface area contributed by atoms with E-state index in [0.717, 1.165) is 29.8 Å². The van der Waals surface area contributed by atoms with E-state index in [9.17, 15) is 9.59 Å². The fourth-order valence-corrected chi connectivity index (χ4v) is 4.66. The summed E-state index contributed by atoms with van der Waals surface area (Å²) < 4.78 is 10.9. The number of methoxy groups -OCH3 is 1. The zero-order chi connectivity index (χ0) is 25.5. The number of carbonyl (C=O) groups excluding carboxylic acids is 2. The second kappa shape index (κ2) is 12.0. The molecule has 4 rings (SSSR count). The van der Waals surface area contributed by atoms with Gasteiger partial charge in [0.1, 0.15) is 5.75 Å². The largest absolute Gasteiger partial charge is 0.495 e. The van der Waals surface area contributed by atoms with Gasteiger partial charge in [0.25, 0.3) is 0 Å². The number of nitrogens with one attached hydrogen (secondary N) is 1. The molecule has 1 aliphatic heterocycles. The first-order valence-electron chi connectivity index (χ1n) is 12.4.